The van der Waals surface area contributed by atoms with Gasteiger partial charge in [0.05, 0.1) is 81.3 Å². The van der Waals surface area contributed by atoms with E-state index in [-0.39, 0.29) is 27.8 Å². The molecule has 15 heteroatoms. The van der Waals surface area contributed by atoms with Crippen LogP contribution in [-0.4, -0.2) is 111 Å². The molecular formula is C18H26I3N3O9. The highest BCUT2D eigenvalue weighted by atomic mass is 127. The lowest BCUT2D eigenvalue weighted by molar-refractivity contribution is 0.0386. The summed E-state index contributed by atoms with van der Waals surface area (Å²) in [6.45, 7) is -2.81. The first-order valence-electron chi connectivity index (χ1n) is 9.55. The molecule has 0 fully saturated rings. The second kappa shape index (κ2) is 15.1. The summed E-state index contributed by atoms with van der Waals surface area (Å²) in [5.41, 5.74) is 0.440. The van der Waals surface area contributed by atoms with Crippen molar-refractivity contribution in [3.05, 3.63) is 21.8 Å². The normalized spacial score (nSPS) is 14.8. The molecule has 12 nitrogen and oxygen atoms in total. The van der Waals surface area contributed by atoms with E-state index < -0.39 is 62.5 Å². The van der Waals surface area contributed by atoms with E-state index in [9.17, 15) is 35.1 Å². The lowest BCUT2D eigenvalue weighted by Gasteiger charge is -2.25. The molecule has 0 saturated heterocycles. The quantitative estimate of drug-likeness (QED) is 0.0972. The number of halogens is 3. The number of anilines is 1. The summed E-state index contributed by atoms with van der Waals surface area (Å²) in [5, 5.41) is 73.8. The number of carbonyl (C=O) groups is 2. The summed E-state index contributed by atoms with van der Waals surface area (Å²) in [6, 6.07) is -2.34. The molecule has 188 valence electrons. The molecule has 4 atom stereocenters. The Morgan fingerprint density at radius 2 is 1.09 bits per heavy atom. The Morgan fingerprint density at radius 3 is 1.39 bits per heavy atom. The smallest absolute Gasteiger partial charge is 0.253 e. The second-order valence-corrected chi connectivity index (χ2v) is 9.98. The molecule has 33 heavy (non-hydrogen) atoms. The number of carbonyl (C=O) groups excluding carboxylic acids is 2. The number of aliphatic hydroxyl groups excluding tert-OH is 7. The number of rotatable bonds is 13. The summed E-state index contributed by atoms with van der Waals surface area (Å²) < 4.78 is 0.998. The summed E-state index contributed by atoms with van der Waals surface area (Å²) in [4.78, 5) is 26.1. The van der Waals surface area contributed by atoms with Gasteiger partial charge in [-0.1, -0.05) is 0 Å². The Hall–Kier alpha value is -0.130. The number of hydrogen-bond donors (Lipinski definition) is 10. The van der Waals surface area contributed by atoms with Crippen molar-refractivity contribution in [2.45, 2.75) is 24.3 Å². The molecule has 1 aromatic rings. The minimum atomic E-state index is -1.42. The molecule has 0 bridgehead atoms. The molecule has 0 radical (unpaired) electrons. The number of benzene rings is 1. The maximum absolute atomic E-state index is 13.1. The van der Waals surface area contributed by atoms with Crippen LogP contribution in [0, 0.1) is 10.7 Å². The summed E-state index contributed by atoms with van der Waals surface area (Å²) in [5.74, 6) is -1.47. The van der Waals surface area contributed by atoms with Gasteiger partial charge in [-0.25, -0.2) is 0 Å². The van der Waals surface area contributed by atoms with Crippen molar-refractivity contribution in [1.82, 2.24) is 10.6 Å². The average molecular weight is 809 g/mol. The standard InChI is InChI=1S/C18H26I3N3O9/c19-13-11(17(32)23-7(3-26)9(30)5-28)14(20)16(22-1-2-25)15(21)12(13)18(33)24-8(4-27)10(31)6-29/h7-10,22,25-31H,1-6H2,(H,23,32)(H,24,33). The zero-order valence-electron chi connectivity index (χ0n) is 17.1. The minimum Gasteiger partial charge on any atom is -0.395 e. The largest absolute Gasteiger partial charge is 0.395 e. The highest BCUT2D eigenvalue weighted by molar-refractivity contribution is 14.1. The lowest BCUT2D eigenvalue weighted by atomic mass is 10.1. The van der Waals surface area contributed by atoms with Gasteiger partial charge in [0.1, 0.15) is 0 Å². The van der Waals surface area contributed by atoms with Crippen LogP contribution in [0.25, 0.3) is 0 Å². The van der Waals surface area contributed by atoms with E-state index in [1.165, 1.54) is 0 Å². The third-order valence-corrected chi connectivity index (χ3v) is 7.75. The number of aliphatic hydroxyl groups is 7. The highest BCUT2D eigenvalue weighted by Crippen LogP contribution is 2.36. The minimum absolute atomic E-state index is 0.0362. The van der Waals surface area contributed by atoms with Crippen LogP contribution in [0.4, 0.5) is 5.69 Å². The van der Waals surface area contributed by atoms with E-state index >= 15 is 0 Å². The van der Waals surface area contributed by atoms with Crippen LogP contribution in [0.3, 0.4) is 0 Å². The van der Waals surface area contributed by atoms with Gasteiger partial charge in [-0.2, -0.15) is 0 Å². The van der Waals surface area contributed by atoms with Gasteiger partial charge in [-0.05, 0) is 67.8 Å². The van der Waals surface area contributed by atoms with Crippen molar-refractivity contribution in [2.75, 3.05) is 44.9 Å². The first-order chi connectivity index (χ1) is 15.6. The Labute approximate surface area is 230 Å². The predicted molar refractivity (Wildman–Crippen MR) is 143 cm³/mol. The van der Waals surface area contributed by atoms with Gasteiger partial charge in [0.15, 0.2) is 0 Å². The first kappa shape index (κ1) is 30.9. The Morgan fingerprint density at radius 1 is 0.697 bits per heavy atom. The van der Waals surface area contributed by atoms with Gasteiger partial charge in [-0.15, -0.1) is 0 Å². The van der Waals surface area contributed by atoms with Crippen LogP contribution in [0.2, 0.25) is 0 Å². The zero-order valence-corrected chi connectivity index (χ0v) is 23.6. The Balaban J connectivity index is 3.57. The second-order valence-electron chi connectivity index (χ2n) is 6.74. The summed E-state index contributed by atoms with van der Waals surface area (Å²) >= 11 is 5.57. The van der Waals surface area contributed by atoms with E-state index in [2.05, 4.69) is 16.0 Å². The predicted octanol–water partition coefficient (Wildman–Crippen LogP) is -2.21. The van der Waals surface area contributed by atoms with Crippen LogP contribution >= 0.6 is 67.8 Å². The number of nitrogens with one attached hydrogen (secondary N) is 3. The monoisotopic (exact) mass is 809 g/mol. The third-order valence-electron chi connectivity index (χ3n) is 4.51. The molecule has 0 spiro atoms. The average Bonchev–Trinajstić information content (AvgIpc) is 2.79. The van der Waals surface area contributed by atoms with Gasteiger partial charge in [-0.3, -0.25) is 9.59 Å². The third kappa shape index (κ3) is 7.93. The van der Waals surface area contributed by atoms with Crippen LogP contribution in [0.5, 0.6) is 0 Å². The van der Waals surface area contributed by atoms with Crippen molar-refractivity contribution < 1.29 is 45.3 Å². The molecule has 0 aliphatic carbocycles. The van der Waals surface area contributed by atoms with Gasteiger partial charge in [0.2, 0.25) is 0 Å². The van der Waals surface area contributed by atoms with Crippen molar-refractivity contribution >= 4 is 85.3 Å². The van der Waals surface area contributed by atoms with Crippen LogP contribution in [0.1, 0.15) is 20.7 Å². The Kier molecular flexibility index (Phi) is 14.1. The van der Waals surface area contributed by atoms with Crippen molar-refractivity contribution in [1.29, 1.82) is 0 Å². The molecule has 0 saturated carbocycles. The van der Waals surface area contributed by atoms with Crippen LogP contribution in [0.15, 0.2) is 0 Å². The van der Waals surface area contributed by atoms with E-state index in [0.717, 1.165) is 0 Å². The van der Waals surface area contributed by atoms with Crippen molar-refractivity contribution in [3.63, 3.8) is 0 Å². The van der Waals surface area contributed by atoms with Gasteiger partial charge in [0.25, 0.3) is 11.8 Å². The maximum Gasteiger partial charge on any atom is 0.253 e. The summed E-state index contributed by atoms with van der Waals surface area (Å²) in [7, 11) is 0. The fourth-order valence-corrected chi connectivity index (χ4v) is 7.19. The maximum atomic E-state index is 13.1. The molecule has 2 amide bonds. The van der Waals surface area contributed by atoms with Gasteiger partial charge in [0, 0.05) is 10.1 Å². The molecule has 10 N–H and O–H groups in total. The highest BCUT2D eigenvalue weighted by Gasteiger charge is 2.31. The van der Waals surface area contributed by atoms with E-state index in [1.807, 2.05) is 45.2 Å². The van der Waals surface area contributed by atoms with E-state index in [4.69, 9.17) is 10.2 Å². The molecule has 1 rings (SSSR count). The van der Waals surface area contributed by atoms with Crippen molar-refractivity contribution in [2.24, 2.45) is 0 Å². The van der Waals surface area contributed by atoms with Crippen molar-refractivity contribution in [3.8, 4) is 0 Å². The van der Waals surface area contributed by atoms with Gasteiger partial charge < -0.3 is 51.7 Å². The molecular weight excluding hydrogens is 783 g/mol. The van der Waals surface area contributed by atoms with Gasteiger partial charge >= 0.3 is 0 Å². The Bertz CT molecular complexity index is 772. The fourth-order valence-electron chi connectivity index (χ4n) is 2.66. The lowest BCUT2D eigenvalue weighted by Crippen LogP contribution is -2.48. The van der Waals surface area contributed by atoms with E-state index in [1.54, 1.807) is 22.6 Å². The number of amides is 2. The number of hydrogen-bond acceptors (Lipinski definition) is 10. The summed E-state index contributed by atoms with van der Waals surface area (Å²) in [6.07, 6.45) is -2.84. The van der Waals surface area contributed by atoms with Crippen LogP contribution < -0.4 is 16.0 Å². The fraction of sp³-hybridized carbons (Fsp3) is 0.556. The molecule has 1 aromatic carbocycles. The molecule has 0 aliphatic rings. The zero-order chi connectivity index (χ0) is 25.3. The first-order valence-corrected chi connectivity index (χ1v) is 12.8. The molecule has 0 heterocycles. The topological polar surface area (TPSA) is 212 Å². The van der Waals surface area contributed by atoms with E-state index in [0.29, 0.717) is 12.8 Å². The molecule has 0 aromatic heterocycles. The molecule has 4 unspecified atom stereocenters. The molecule has 0 aliphatic heterocycles. The van der Waals surface area contributed by atoms with Crippen LogP contribution in [-0.2, 0) is 0 Å². The SMILES string of the molecule is O=C(NC(CO)C(O)CO)c1c(I)c(NCCO)c(I)c(C(=O)NC(CO)C(O)CO)c1I.